The molecule has 1 N–H and O–H groups in total. The average molecular weight is 414 g/mol. The number of hydrogen-bond donors (Lipinski definition) is 1. The number of hydrogen-bond acceptors (Lipinski definition) is 5. The Morgan fingerprint density at radius 3 is 2.71 bits per heavy atom. The fraction of sp³-hybridized carbons (Fsp3) is 0.120. The summed E-state index contributed by atoms with van der Waals surface area (Å²) < 4.78 is 16.9. The summed E-state index contributed by atoms with van der Waals surface area (Å²) in [5.74, 6) is 1.00. The summed E-state index contributed by atoms with van der Waals surface area (Å²) in [6.45, 7) is 2.49. The van der Waals surface area contributed by atoms with Gasteiger partial charge in [0.2, 0.25) is 0 Å². The number of ether oxygens (including phenoxy) is 2. The van der Waals surface area contributed by atoms with Crippen molar-refractivity contribution in [3.05, 3.63) is 95.2 Å². The average Bonchev–Trinajstić information content (AvgIpc) is 3.22. The van der Waals surface area contributed by atoms with E-state index in [1.165, 1.54) is 11.8 Å². The van der Waals surface area contributed by atoms with Crippen LogP contribution in [0.5, 0.6) is 11.5 Å². The van der Waals surface area contributed by atoms with Gasteiger partial charge in [0, 0.05) is 5.39 Å². The minimum Gasteiger partial charge on any atom is -0.493 e. The Labute approximate surface area is 180 Å². The van der Waals surface area contributed by atoms with Gasteiger partial charge in [0.05, 0.1) is 13.3 Å². The SMILES string of the molecule is COc1cc(/C=N/NC(=O)c2cc3ccccc3o2)ccc1OCc1cccc(C)c1. The molecule has 0 spiro atoms. The lowest BCUT2D eigenvalue weighted by molar-refractivity contribution is 0.0929. The third-order valence-corrected chi connectivity index (χ3v) is 4.69. The van der Waals surface area contributed by atoms with E-state index < -0.39 is 5.91 Å². The summed E-state index contributed by atoms with van der Waals surface area (Å²) in [6.07, 6.45) is 1.54. The number of nitrogens with one attached hydrogen (secondary N) is 1. The van der Waals surface area contributed by atoms with Crippen LogP contribution in [0.15, 0.2) is 82.3 Å². The molecule has 0 fully saturated rings. The van der Waals surface area contributed by atoms with Gasteiger partial charge in [-0.15, -0.1) is 0 Å². The van der Waals surface area contributed by atoms with E-state index >= 15 is 0 Å². The minimum absolute atomic E-state index is 0.204. The van der Waals surface area contributed by atoms with Gasteiger partial charge in [0.1, 0.15) is 12.2 Å². The molecule has 0 atom stereocenters. The quantitative estimate of drug-likeness (QED) is 0.338. The predicted molar refractivity (Wildman–Crippen MR) is 120 cm³/mol. The lowest BCUT2D eigenvalue weighted by atomic mass is 10.1. The molecule has 1 amide bonds. The zero-order valence-electron chi connectivity index (χ0n) is 17.3. The third-order valence-electron chi connectivity index (χ3n) is 4.69. The van der Waals surface area contributed by atoms with Crippen LogP contribution >= 0.6 is 0 Å². The van der Waals surface area contributed by atoms with E-state index in [0.717, 1.165) is 16.5 Å². The van der Waals surface area contributed by atoms with Crippen molar-refractivity contribution < 1.29 is 18.7 Å². The van der Waals surface area contributed by atoms with Crippen molar-refractivity contribution in [1.29, 1.82) is 0 Å². The maximum Gasteiger partial charge on any atom is 0.307 e. The first-order valence-electron chi connectivity index (χ1n) is 9.81. The molecule has 0 aliphatic carbocycles. The van der Waals surface area contributed by atoms with E-state index in [4.69, 9.17) is 13.9 Å². The molecule has 0 saturated heterocycles. The molecule has 1 heterocycles. The molecule has 156 valence electrons. The molecule has 0 unspecified atom stereocenters. The van der Waals surface area contributed by atoms with E-state index in [1.54, 1.807) is 19.2 Å². The van der Waals surface area contributed by atoms with Gasteiger partial charge in [-0.05, 0) is 48.4 Å². The van der Waals surface area contributed by atoms with Crippen LogP contribution in [0.2, 0.25) is 0 Å². The Morgan fingerprint density at radius 2 is 1.90 bits per heavy atom. The zero-order chi connectivity index (χ0) is 21.6. The van der Waals surface area contributed by atoms with Crippen molar-refractivity contribution in [2.24, 2.45) is 5.10 Å². The smallest absolute Gasteiger partial charge is 0.307 e. The lowest BCUT2D eigenvalue weighted by Crippen LogP contribution is -2.16. The highest BCUT2D eigenvalue weighted by Gasteiger charge is 2.11. The second-order valence-electron chi connectivity index (χ2n) is 7.04. The Balaban J connectivity index is 1.39. The molecule has 6 nitrogen and oxygen atoms in total. The normalized spacial score (nSPS) is 11.0. The molecule has 0 radical (unpaired) electrons. The van der Waals surface area contributed by atoms with Crippen molar-refractivity contribution in [3.63, 3.8) is 0 Å². The van der Waals surface area contributed by atoms with E-state index in [0.29, 0.717) is 23.7 Å². The summed E-state index contributed by atoms with van der Waals surface area (Å²) in [7, 11) is 1.58. The molecule has 3 aromatic carbocycles. The van der Waals surface area contributed by atoms with E-state index in [2.05, 4.69) is 16.6 Å². The van der Waals surface area contributed by atoms with Crippen molar-refractivity contribution >= 4 is 23.1 Å². The minimum atomic E-state index is -0.419. The fourth-order valence-corrected chi connectivity index (χ4v) is 3.16. The number of furan rings is 1. The highest BCUT2D eigenvalue weighted by atomic mass is 16.5. The first-order chi connectivity index (χ1) is 15.1. The van der Waals surface area contributed by atoms with Crippen molar-refractivity contribution in [1.82, 2.24) is 5.43 Å². The second-order valence-corrected chi connectivity index (χ2v) is 7.04. The van der Waals surface area contributed by atoms with Crippen LogP contribution < -0.4 is 14.9 Å². The van der Waals surface area contributed by atoms with Crippen molar-refractivity contribution in [2.45, 2.75) is 13.5 Å². The summed E-state index contributed by atoms with van der Waals surface area (Å²) in [4.78, 5) is 12.3. The van der Waals surface area contributed by atoms with Gasteiger partial charge < -0.3 is 13.9 Å². The number of nitrogens with zero attached hydrogens (tertiary/aromatic N) is 1. The van der Waals surface area contributed by atoms with Crippen LogP contribution in [0.1, 0.15) is 27.2 Å². The van der Waals surface area contributed by atoms with E-state index in [9.17, 15) is 4.79 Å². The summed E-state index contributed by atoms with van der Waals surface area (Å²) in [6, 6.07) is 22.7. The molecule has 31 heavy (non-hydrogen) atoms. The first-order valence-corrected chi connectivity index (χ1v) is 9.81. The Bertz CT molecular complexity index is 1210. The van der Waals surface area contributed by atoms with Crippen LogP contribution in [-0.2, 0) is 6.61 Å². The molecule has 0 aliphatic rings. The molecule has 6 heteroatoms. The largest absolute Gasteiger partial charge is 0.493 e. The number of carbonyl (C=O) groups is 1. The van der Waals surface area contributed by atoms with Gasteiger partial charge in [-0.1, -0.05) is 48.0 Å². The van der Waals surface area contributed by atoms with Gasteiger partial charge >= 0.3 is 5.91 Å². The number of methoxy groups -OCH3 is 1. The number of fused-ring (bicyclic) bond motifs is 1. The standard InChI is InChI=1S/C25H22N2O4/c1-17-6-5-7-19(12-17)16-30-22-11-10-18(13-23(22)29-2)15-26-27-25(28)24-14-20-8-3-4-9-21(20)31-24/h3-15H,16H2,1-2H3,(H,27,28)/b26-15+. The fourth-order valence-electron chi connectivity index (χ4n) is 3.16. The van der Waals surface area contributed by atoms with Gasteiger partial charge in [0.25, 0.3) is 0 Å². The number of amides is 1. The summed E-state index contributed by atoms with van der Waals surface area (Å²) in [5.41, 5.74) is 6.16. The van der Waals surface area contributed by atoms with E-state index in [1.807, 2.05) is 61.5 Å². The maximum atomic E-state index is 12.3. The highest BCUT2D eigenvalue weighted by Crippen LogP contribution is 2.28. The monoisotopic (exact) mass is 414 g/mol. The van der Waals surface area contributed by atoms with Gasteiger partial charge in [-0.2, -0.15) is 5.10 Å². The van der Waals surface area contributed by atoms with Gasteiger partial charge in [-0.25, -0.2) is 5.43 Å². The number of benzene rings is 3. The molecule has 0 aliphatic heterocycles. The number of carbonyl (C=O) groups excluding carboxylic acids is 1. The highest BCUT2D eigenvalue weighted by molar-refractivity contribution is 5.96. The van der Waals surface area contributed by atoms with Crippen LogP contribution in [0.3, 0.4) is 0 Å². The lowest BCUT2D eigenvalue weighted by Gasteiger charge is -2.11. The molecule has 1 aromatic heterocycles. The zero-order valence-corrected chi connectivity index (χ0v) is 17.3. The predicted octanol–water partition coefficient (Wildman–Crippen LogP) is 5.09. The molecular weight excluding hydrogens is 392 g/mol. The Morgan fingerprint density at radius 1 is 1.03 bits per heavy atom. The molecule has 4 aromatic rings. The van der Waals surface area contributed by atoms with Crippen molar-refractivity contribution in [2.75, 3.05) is 7.11 Å². The Hall–Kier alpha value is -4.06. The number of hydrazone groups is 1. The summed E-state index contributed by atoms with van der Waals surface area (Å²) >= 11 is 0. The summed E-state index contributed by atoms with van der Waals surface area (Å²) in [5, 5.41) is 4.88. The molecule has 4 rings (SSSR count). The molecule has 0 saturated carbocycles. The van der Waals surface area contributed by atoms with Crippen molar-refractivity contribution in [3.8, 4) is 11.5 Å². The van der Waals surface area contributed by atoms with Crippen LogP contribution in [0.25, 0.3) is 11.0 Å². The Kier molecular flexibility index (Phi) is 5.98. The van der Waals surface area contributed by atoms with Crippen LogP contribution in [-0.4, -0.2) is 19.2 Å². The topological polar surface area (TPSA) is 73.1 Å². The van der Waals surface area contributed by atoms with Gasteiger partial charge in [0.15, 0.2) is 17.3 Å². The third kappa shape index (κ3) is 4.93. The molecular formula is C25H22N2O4. The number of aryl methyl sites for hydroxylation is 1. The van der Waals surface area contributed by atoms with Crippen LogP contribution in [0.4, 0.5) is 0 Å². The first kappa shape index (κ1) is 20.2. The van der Waals surface area contributed by atoms with Crippen LogP contribution in [0, 0.1) is 6.92 Å². The number of para-hydroxylation sites is 1. The van der Waals surface area contributed by atoms with E-state index in [-0.39, 0.29) is 5.76 Å². The number of rotatable bonds is 7. The maximum absolute atomic E-state index is 12.3. The van der Waals surface area contributed by atoms with Gasteiger partial charge in [-0.3, -0.25) is 4.79 Å². The second kappa shape index (κ2) is 9.17. The molecule has 0 bridgehead atoms.